The molecule has 1 fully saturated rings. The summed E-state index contributed by atoms with van der Waals surface area (Å²) in [5.41, 5.74) is 0. The van der Waals surface area contributed by atoms with Gasteiger partial charge in [-0.2, -0.15) is 0 Å². The topological polar surface area (TPSA) is 0 Å². The molecule has 0 aliphatic heterocycles. The molecule has 0 bridgehead atoms. The van der Waals surface area contributed by atoms with Crippen molar-refractivity contribution < 1.29 is 20.4 Å². The molecule has 0 spiro atoms. The van der Waals surface area contributed by atoms with Crippen LogP contribution >= 0.6 is 0 Å². The number of hydrogen-bond donors (Lipinski definition) is 0. The second-order valence-corrected chi connectivity index (χ2v) is 1.25. The van der Waals surface area contributed by atoms with Crippen molar-refractivity contribution in [1.82, 2.24) is 0 Å². The molecule has 8 radical (unpaired) electrons. The van der Waals surface area contributed by atoms with Crippen LogP contribution in [0.3, 0.4) is 0 Å². The average Bonchev–Trinajstić information content (AvgIpc) is 2.17. The summed E-state index contributed by atoms with van der Waals surface area (Å²) in [6, 6.07) is 0. The molecule has 0 saturated heterocycles. The van der Waals surface area contributed by atoms with Crippen molar-refractivity contribution in [2.75, 3.05) is 0 Å². The number of rotatable bonds is 0. The Morgan fingerprint density at radius 2 is 0.889 bits per heavy atom. The van der Waals surface area contributed by atoms with Crippen LogP contribution in [0, 0.1) is 52.4 Å². The Morgan fingerprint density at radius 1 is 0.778 bits per heavy atom. The van der Waals surface area contributed by atoms with Crippen LogP contribution in [-0.4, -0.2) is 0 Å². The van der Waals surface area contributed by atoms with Crippen LogP contribution in [0.5, 0.6) is 0 Å². The van der Waals surface area contributed by atoms with Crippen molar-refractivity contribution in [3.8, 4) is 0 Å². The Morgan fingerprint density at radius 3 is 1.00 bits per heavy atom. The van der Waals surface area contributed by atoms with E-state index in [1.165, 1.54) is 6.42 Å². The molecule has 1 heteroatoms. The van der Waals surface area contributed by atoms with Gasteiger partial charge in [0.05, 0.1) is 0 Å². The second kappa shape index (κ2) is 11.5. The monoisotopic (exact) mass is 212 g/mol. The van der Waals surface area contributed by atoms with Crippen molar-refractivity contribution in [3.63, 3.8) is 0 Å². The van der Waals surface area contributed by atoms with Crippen LogP contribution in [-0.2, 0) is 20.4 Å². The standard InChI is InChI=1S/C5H5.C3H5.Pd/c1-2-4-5-3-1;1-3-2;/h1-5H;3H,1-2H2;/q;;+2. The normalized spacial score (nSPS) is 15.3. The van der Waals surface area contributed by atoms with E-state index in [0.29, 0.717) is 0 Å². The molecule has 0 amide bonds. The van der Waals surface area contributed by atoms with Crippen LogP contribution in [0.2, 0.25) is 0 Å². The van der Waals surface area contributed by atoms with Gasteiger partial charge in [-0.1, -0.05) is 0 Å². The Labute approximate surface area is 73.1 Å². The molecular weight excluding hydrogens is 203 g/mol. The third-order valence-corrected chi connectivity index (χ3v) is 0.556. The molecule has 50 valence electrons. The van der Waals surface area contributed by atoms with Gasteiger partial charge in [0.15, 0.2) is 0 Å². The summed E-state index contributed by atoms with van der Waals surface area (Å²) >= 11 is 0. The summed E-state index contributed by atoms with van der Waals surface area (Å²) < 4.78 is 0. The van der Waals surface area contributed by atoms with Crippen LogP contribution < -0.4 is 0 Å². The molecule has 0 aromatic heterocycles. The zero-order valence-corrected chi connectivity index (χ0v) is 6.75. The van der Waals surface area contributed by atoms with Crippen LogP contribution in [0.1, 0.15) is 0 Å². The van der Waals surface area contributed by atoms with Crippen molar-refractivity contribution >= 4 is 0 Å². The Kier molecular flexibility index (Phi) is 15.7. The maximum Gasteiger partial charge on any atom is 2.00 e. The zero-order valence-electron chi connectivity index (χ0n) is 5.19. The third-order valence-electron chi connectivity index (χ3n) is 0.556. The second-order valence-electron chi connectivity index (χ2n) is 1.25. The molecule has 1 saturated carbocycles. The van der Waals surface area contributed by atoms with Gasteiger partial charge in [-0.25, -0.2) is 0 Å². The smallest absolute Gasteiger partial charge is 0.0499 e. The molecule has 0 unspecified atom stereocenters. The van der Waals surface area contributed by atoms with Gasteiger partial charge in [-0.05, 0) is 52.4 Å². The SMILES string of the molecule is [CH2][CH][CH2].[CH]1[CH][CH][CH][CH]1.[Pd+2]. The van der Waals surface area contributed by atoms with Crippen molar-refractivity contribution in [1.29, 1.82) is 0 Å². The third kappa shape index (κ3) is 12.0. The molecule has 0 nitrogen and oxygen atoms in total. The maximum absolute atomic E-state index is 3.25. The molecule has 9 heavy (non-hydrogen) atoms. The van der Waals surface area contributed by atoms with E-state index >= 15 is 0 Å². The average molecular weight is 213 g/mol. The molecule has 1 rings (SSSR count). The van der Waals surface area contributed by atoms with E-state index in [1.807, 2.05) is 32.1 Å². The molecule has 0 aromatic rings. The van der Waals surface area contributed by atoms with Crippen molar-refractivity contribution in [2.24, 2.45) is 0 Å². The molecule has 0 aromatic carbocycles. The Balaban J connectivity index is 0. The predicted molar refractivity (Wildman–Crippen MR) is 36.5 cm³/mol. The van der Waals surface area contributed by atoms with Gasteiger partial charge in [0.2, 0.25) is 0 Å². The molecule has 1 aliphatic rings. The Bertz CT molecular complexity index is 23.9. The van der Waals surface area contributed by atoms with E-state index in [-0.39, 0.29) is 20.4 Å². The first-order valence-electron chi connectivity index (χ1n) is 2.48. The van der Waals surface area contributed by atoms with Gasteiger partial charge >= 0.3 is 20.4 Å². The fraction of sp³-hybridized carbons (Fsp3) is 0. The van der Waals surface area contributed by atoms with E-state index in [2.05, 4.69) is 13.8 Å². The number of hydrogen-bond acceptors (Lipinski definition) is 0. The first-order valence-corrected chi connectivity index (χ1v) is 2.48. The van der Waals surface area contributed by atoms with E-state index in [1.54, 1.807) is 0 Å². The summed E-state index contributed by atoms with van der Waals surface area (Å²) in [5.74, 6) is 0. The van der Waals surface area contributed by atoms with Crippen LogP contribution in [0.4, 0.5) is 0 Å². The fourth-order valence-corrected chi connectivity index (χ4v) is 0.321. The molecular formula is C8H10Pd+2. The van der Waals surface area contributed by atoms with Gasteiger partial charge in [0.1, 0.15) is 0 Å². The van der Waals surface area contributed by atoms with Gasteiger partial charge in [0, 0.05) is 0 Å². The zero-order chi connectivity index (χ0) is 6.24. The fourth-order valence-electron chi connectivity index (χ4n) is 0.321. The summed E-state index contributed by atoms with van der Waals surface area (Å²) in [4.78, 5) is 0. The summed E-state index contributed by atoms with van der Waals surface area (Å²) in [7, 11) is 0. The maximum atomic E-state index is 3.25. The molecule has 0 atom stereocenters. The first-order chi connectivity index (χ1) is 3.91. The van der Waals surface area contributed by atoms with Gasteiger partial charge < -0.3 is 0 Å². The van der Waals surface area contributed by atoms with E-state index in [9.17, 15) is 0 Å². The van der Waals surface area contributed by atoms with Gasteiger partial charge in [-0.15, -0.1) is 0 Å². The van der Waals surface area contributed by atoms with E-state index in [0.717, 1.165) is 0 Å². The largest absolute Gasteiger partial charge is 2.00 e. The molecule has 0 heterocycles. The van der Waals surface area contributed by atoms with E-state index in [4.69, 9.17) is 0 Å². The van der Waals surface area contributed by atoms with Crippen molar-refractivity contribution in [3.05, 3.63) is 52.4 Å². The minimum Gasteiger partial charge on any atom is -0.0499 e. The van der Waals surface area contributed by atoms with E-state index < -0.39 is 0 Å². The summed E-state index contributed by atoms with van der Waals surface area (Å²) in [5, 5.41) is 0. The first kappa shape index (κ1) is 12.3. The summed E-state index contributed by atoms with van der Waals surface area (Å²) in [6.45, 7) is 6.50. The van der Waals surface area contributed by atoms with Gasteiger partial charge in [-0.3, -0.25) is 0 Å². The summed E-state index contributed by atoms with van der Waals surface area (Å²) in [6.07, 6.45) is 11.5. The minimum absolute atomic E-state index is 0. The minimum atomic E-state index is 0. The van der Waals surface area contributed by atoms with Gasteiger partial charge in [0.25, 0.3) is 0 Å². The van der Waals surface area contributed by atoms with Crippen molar-refractivity contribution in [2.45, 2.75) is 0 Å². The van der Waals surface area contributed by atoms with Crippen LogP contribution in [0.15, 0.2) is 0 Å². The predicted octanol–water partition coefficient (Wildman–Crippen LogP) is 1.88. The molecule has 1 aliphatic carbocycles. The quantitative estimate of drug-likeness (QED) is 0.538. The Hall–Kier alpha value is 0.662. The molecule has 0 N–H and O–H groups in total. The van der Waals surface area contributed by atoms with Crippen LogP contribution in [0.25, 0.3) is 0 Å².